The summed E-state index contributed by atoms with van der Waals surface area (Å²) in [5.41, 5.74) is 0. The first-order valence-corrected chi connectivity index (χ1v) is 3.43. The van der Waals surface area contributed by atoms with Crippen LogP contribution in [0, 0.1) is 5.21 Å². The van der Waals surface area contributed by atoms with Gasteiger partial charge in [-0.15, -0.1) is 0 Å². The highest BCUT2D eigenvalue weighted by molar-refractivity contribution is 4.33. The molecule has 0 aromatic heterocycles. The van der Waals surface area contributed by atoms with Crippen LogP contribution in [-0.4, -0.2) is 18.0 Å². The lowest BCUT2D eigenvalue weighted by Gasteiger charge is -1.94. The summed E-state index contributed by atoms with van der Waals surface area (Å²) < 4.78 is 0. The van der Waals surface area contributed by atoms with E-state index in [-0.39, 0.29) is 0 Å². The molecule has 0 fully saturated rings. The van der Waals surface area contributed by atoms with E-state index in [9.17, 15) is 5.21 Å². The van der Waals surface area contributed by atoms with Gasteiger partial charge in [-0.1, -0.05) is 18.2 Å². The van der Waals surface area contributed by atoms with Gasteiger partial charge in [0.05, 0.1) is 0 Å². The number of unbranched alkanes of at least 4 members (excludes halogenated alkanes) is 1. The summed E-state index contributed by atoms with van der Waals surface area (Å²) in [6.45, 7) is 5.01. The minimum atomic E-state index is 0.462. The Balaban J connectivity index is 3.21. The Morgan fingerprint density at radius 2 is 2.11 bits per heavy atom. The lowest BCUT2D eigenvalue weighted by Crippen LogP contribution is -1.99. The first kappa shape index (κ1) is 8.40. The van der Waals surface area contributed by atoms with Gasteiger partial charge in [0.15, 0.2) is 6.54 Å². The van der Waals surface area contributed by atoms with Crippen LogP contribution in [-0.2, 0) is 0 Å². The molecule has 0 spiro atoms. The van der Waals surface area contributed by atoms with E-state index in [1.54, 1.807) is 6.92 Å². The van der Waals surface area contributed by atoms with E-state index >= 15 is 0 Å². The fourth-order valence-electron chi connectivity index (χ4n) is 0.440. The van der Waals surface area contributed by atoms with E-state index in [0.29, 0.717) is 13.1 Å². The van der Waals surface area contributed by atoms with Gasteiger partial charge >= 0.3 is 0 Å². The smallest absolute Gasteiger partial charge is 0.177 e. The first-order chi connectivity index (χ1) is 4.31. The second-order valence-electron chi connectivity index (χ2n) is 1.89. The molecular weight excluding hydrogens is 116 g/mol. The summed E-state index contributed by atoms with van der Waals surface area (Å²) in [6, 6.07) is 0. The number of hydroxylamine groups is 1. The first-order valence-electron chi connectivity index (χ1n) is 3.43. The zero-order chi connectivity index (χ0) is 7.11. The fourth-order valence-corrected chi connectivity index (χ4v) is 0.440. The molecule has 0 rings (SSSR count). The molecule has 0 aromatic carbocycles. The number of nitrogens with zero attached hydrogens (tertiary/aromatic N) is 2. The largest absolute Gasteiger partial charge is 0.600 e. The van der Waals surface area contributed by atoms with Crippen molar-refractivity contribution >= 4 is 0 Å². The van der Waals surface area contributed by atoms with Crippen LogP contribution in [0.4, 0.5) is 0 Å². The Morgan fingerprint density at radius 3 is 2.56 bits per heavy atom. The molecule has 0 radical (unpaired) electrons. The zero-order valence-electron chi connectivity index (χ0n) is 6.13. The molecule has 0 amide bonds. The average molecular weight is 130 g/mol. The maximum atomic E-state index is 10.4. The van der Waals surface area contributed by atoms with Gasteiger partial charge in [-0.3, -0.25) is 0 Å². The van der Waals surface area contributed by atoms with E-state index in [2.05, 4.69) is 12.0 Å². The molecule has 0 aliphatic heterocycles. The van der Waals surface area contributed by atoms with Crippen molar-refractivity contribution in [1.29, 1.82) is 0 Å². The van der Waals surface area contributed by atoms with Crippen molar-refractivity contribution in [1.82, 2.24) is 0 Å². The van der Waals surface area contributed by atoms with Crippen molar-refractivity contribution < 1.29 is 4.86 Å². The quantitative estimate of drug-likeness (QED) is 0.247. The van der Waals surface area contributed by atoms with E-state index < -0.39 is 0 Å². The molecule has 0 N–H and O–H groups in total. The van der Waals surface area contributed by atoms with Gasteiger partial charge < -0.3 is 5.21 Å². The summed E-state index contributed by atoms with van der Waals surface area (Å²) in [5.74, 6) is 0. The molecule has 0 aliphatic carbocycles. The highest BCUT2D eigenvalue weighted by Crippen LogP contribution is 1.86. The third kappa shape index (κ3) is 5.27. The summed E-state index contributed by atoms with van der Waals surface area (Å²) in [4.78, 5) is 0.732. The maximum Gasteiger partial charge on any atom is 0.177 e. The Kier molecular flexibility index (Phi) is 5.17. The highest BCUT2D eigenvalue weighted by atomic mass is 16.5. The molecule has 0 atom stereocenters. The molecule has 0 saturated carbocycles. The maximum absolute atomic E-state index is 10.4. The zero-order valence-corrected chi connectivity index (χ0v) is 6.13. The molecular formula is C6H14N2O. The Bertz CT molecular complexity index is 91.1. The lowest BCUT2D eigenvalue weighted by molar-refractivity contribution is -0.526. The SMILES string of the molecule is CCCCN=[N+]([O-])CC. The molecule has 0 aromatic rings. The molecule has 3 nitrogen and oxygen atoms in total. The summed E-state index contributed by atoms with van der Waals surface area (Å²) in [5, 5.41) is 14.1. The van der Waals surface area contributed by atoms with E-state index in [4.69, 9.17) is 0 Å². The molecule has 0 aliphatic rings. The lowest BCUT2D eigenvalue weighted by atomic mass is 10.3. The van der Waals surface area contributed by atoms with Crippen molar-refractivity contribution in [2.75, 3.05) is 13.1 Å². The normalized spacial score (nSPS) is 12.0. The fraction of sp³-hybridized carbons (Fsp3) is 1.00. The second kappa shape index (κ2) is 5.54. The Hall–Kier alpha value is -0.600. The standard InChI is InChI=1S/C6H14N2O/c1-3-5-6-7-8(9)4-2/h3-6H2,1-2H3. The van der Waals surface area contributed by atoms with Crippen molar-refractivity contribution in [3.05, 3.63) is 5.21 Å². The van der Waals surface area contributed by atoms with Gasteiger partial charge in [0.25, 0.3) is 0 Å². The van der Waals surface area contributed by atoms with Crippen LogP contribution in [0.3, 0.4) is 0 Å². The van der Waals surface area contributed by atoms with Gasteiger partial charge in [-0.2, -0.15) is 0 Å². The van der Waals surface area contributed by atoms with Gasteiger partial charge in [-0.25, -0.2) is 0 Å². The van der Waals surface area contributed by atoms with Crippen LogP contribution >= 0.6 is 0 Å². The third-order valence-electron chi connectivity index (χ3n) is 1.04. The van der Waals surface area contributed by atoms with Crippen LogP contribution in [0.15, 0.2) is 5.11 Å². The number of rotatable bonds is 4. The van der Waals surface area contributed by atoms with Gasteiger partial charge in [0, 0.05) is 0 Å². The number of hydrogen-bond acceptors (Lipinski definition) is 2. The van der Waals surface area contributed by atoms with Crippen molar-refractivity contribution in [3.8, 4) is 0 Å². The topological polar surface area (TPSA) is 38.4 Å². The Labute approximate surface area is 56.0 Å². The predicted octanol–water partition coefficient (Wildman–Crippen LogP) is 1.77. The third-order valence-corrected chi connectivity index (χ3v) is 1.04. The van der Waals surface area contributed by atoms with E-state index in [1.165, 1.54) is 0 Å². The summed E-state index contributed by atoms with van der Waals surface area (Å²) >= 11 is 0. The molecule has 0 bridgehead atoms. The summed E-state index contributed by atoms with van der Waals surface area (Å²) in [7, 11) is 0. The second-order valence-corrected chi connectivity index (χ2v) is 1.89. The van der Waals surface area contributed by atoms with Crippen molar-refractivity contribution in [3.63, 3.8) is 0 Å². The van der Waals surface area contributed by atoms with E-state index in [0.717, 1.165) is 17.7 Å². The molecule has 0 heterocycles. The number of azo groups is 1. The van der Waals surface area contributed by atoms with Crippen molar-refractivity contribution in [2.45, 2.75) is 26.7 Å². The molecule has 3 heteroatoms. The van der Waals surface area contributed by atoms with Crippen LogP contribution < -0.4 is 0 Å². The van der Waals surface area contributed by atoms with Gasteiger partial charge in [0.2, 0.25) is 0 Å². The molecule has 9 heavy (non-hydrogen) atoms. The van der Waals surface area contributed by atoms with Crippen LogP contribution in [0.2, 0.25) is 0 Å². The molecule has 54 valence electrons. The Morgan fingerprint density at radius 1 is 1.44 bits per heavy atom. The highest BCUT2D eigenvalue weighted by Gasteiger charge is 1.86. The number of hydrogen-bond donors (Lipinski definition) is 0. The summed E-state index contributed by atoms with van der Waals surface area (Å²) in [6.07, 6.45) is 2.11. The molecule has 0 saturated heterocycles. The van der Waals surface area contributed by atoms with Crippen LogP contribution in [0.5, 0.6) is 0 Å². The predicted molar refractivity (Wildman–Crippen MR) is 36.4 cm³/mol. The minimum Gasteiger partial charge on any atom is -0.600 e. The monoisotopic (exact) mass is 130 g/mol. The van der Waals surface area contributed by atoms with Crippen LogP contribution in [0.1, 0.15) is 26.7 Å². The minimum absolute atomic E-state index is 0.462. The average Bonchev–Trinajstić information content (AvgIpc) is 1.89. The van der Waals surface area contributed by atoms with Gasteiger partial charge in [-0.05, 0) is 18.5 Å². The van der Waals surface area contributed by atoms with E-state index in [1.807, 2.05) is 0 Å². The van der Waals surface area contributed by atoms with Gasteiger partial charge in [0.1, 0.15) is 6.54 Å². The van der Waals surface area contributed by atoms with Crippen molar-refractivity contribution in [2.24, 2.45) is 5.11 Å². The molecule has 0 unspecified atom stereocenters. The van der Waals surface area contributed by atoms with Crippen LogP contribution in [0.25, 0.3) is 0 Å².